The Bertz CT molecular complexity index is 205. The van der Waals surface area contributed by atoms with Gasteiger partial charge in [0.25, 0.3) is 0 Å². The summed E-state index contributed by atoms with van der Waals surface area (Å²) in [6.07, 6.45) is 3.15. The fourth-order valence-electron chi connectivity index (χ4n) is 2.77. The molecule has 1 heterocycles. The summed E-state index contributed by atoms with van der Waals surface area (Å²) in [7, 11) is 1.47. The molecule has 1 N–H and O–H groups in total. The van der Waals surface area contributed by atoms with Crippen molar-refractivity contribution in [2.24, 2.45) is 17.8 Å². The summed E-state index contributed by atoms with van der Waals surface area (Å²) >= 11 is 0. The minimum atomic E-state index is -0.0439. The molecule has 74 valence electrons. The van der Waals surface area contributed by atoms with Gasteiger partial charge in [-0.05, 0) is 43.7 Å². The Kier molecular flexibility index (Phi) is 2.54. The molecule has 3 heteroatoms. The van der Waals surface area contributed by atoms with Crippen LogP contribution >= 0.6 is 0 Å². The first kappa shape index (κ1) is 9.00. The molecular formula is C10H17NO2. The maximum atomic E-state index is 11.1. The fraction of sp³-hybridized carbons (Fsp3) is 0.900. The molecular weight excluding hydrogens is 166 g/mol. The van der Waals surface area contributed by atoms with Gasteiger partial charge in [0.15, 0.2) is 0 Å². The molecule has 0 aromatic rings. The lowest BCUT2D eigenvalue weighted by molar-refractivity contribution is -0.142. The maximum absolute atomic E-state index is 11.1. The van der Waals surface area contributed by atoms with Crippen molar-refractivity contribution in [2.45, 2.75) is 19.3 Å². The third-order valence-corrected chi connectivity index (χ3v) is 3.43. The summed E-state index contributed by atoms with van der Waals surface area (Å²) < 4.78 is 4.70. The Hall–Kier alpha value is -0.570. The van der Waals surface area contributed by atoms with Crippen molar-refractivity contribution in [1.29, 1.82) is 0 Å². The van der Waals surface area contributed by atoms with E-state index in [1.807, 2.05) is 0 Å². The zero-order chi connectivity index (χ0) is 9.26. The van der Waals surface area contributed by atoms with E-state index in [1.165, 1.54) is 20.0 Å². The Morgan fingerprint density at radius 2 is 2.31 bits per heavy atom. The minimum absolute atomic E-state index is 0.0439. The average molecular weight is 183 g/mol. The summed E-state index contributed by atoms with van der Waals surface area (Å²) in [6.45, 7) is 2.24. The fourth-order valence-corrected chi connectivity index (χ4v) is 2.77. The molecule has 2 fully saturated rings. The first-order valence-corrected chi connectivity index (χ1v) is 5.07. The third kappa shape index (κ3) is 1.85. The van der Waals surface area contributed by atoms with Crippen LogP contribution < -0.4 is 5.32 Å². The molecule has 2 rings (SSSR count). The number of nitrogens with one attached hydrogen (secondary N) is 1. The molecule has 1 aliphatic heterocycles. The number of ether oxygens (including phenoxy) is 1. The highest BCUT2D eigenvalue weighted by atomic mass is 16.5. The number of fused-ring (bicyclic) bond motifs is 2. The number of carbonyl (C=O) groups excluding carboxylic acids is 1. The first-order valence-electron chi connectivity index (χ1n) is 5.07. The van der Waals surface area contributed by atoms with Crippen LogP contribution in [0.25, 0.3) is 0 Å². The van der Waals surface area contributed by atoms with Crippen LogP contribution in [0.1, 0.15) is 19.3 Å². The molecule has 0 unspecified atom stereocenters. The molecule has 3 atom stereocenters. The Morgan fingerprint density at radius 3 is 3.00 bits per heavy atom. The van der Waals surface area contributed by atoms with Crippen LogP contribution in [0.5, 0.6) is 0 Å². The molecule has 0 spiro atoms. The van der Waals surface area contributed by atoms with Crippen LogP contribution in [-0.2, 0) is 9.53 Å². The molecule has 0 radical (unpaired) electrons. The van der Waals surface area contributed by atoms with E-state index in [2.05, 4.69) is 5.32 Å². The van der Waals surface area contributed by atoms with Gasteiger partial charge in [-0.25, -0.2) is 0 Å². The van der Waals surface area contributed by atoms with Crippen molar-refractivity contribution in [1.82, 2.24) is 5.32 Å². The lowest BCUT2D eigenvalue weighted by atomic mass is 9.93. The Balaban J connectivity index is 1.90. The van der Waals surface area contributed by atoms with Crippen LogP contribution in [0, 0.1) is 17.8 Å². The molecule has 3 nitrogen and oxygen atoms in total. The Labute approximate surface area is 78.8 Å². The molecule has 2 bridgehead atoms. The number of piperidine rings is 1. The van der Waals surface area contributed by atoms with Gasteiger partial charge in [-0.1, -0.05) is 0 Å². The van der Waals surface area contributed by atoms with Crippen molar-refractivity contribution in [3.8, 4) is 0 Å². The predicted octanol–water partition coefficient (Wildman–Crippen LogP) is 0.795. The van der Waals surface area contributed by atoms with E-state index in [9.17, 15) is 4.79 Å². The van der Waals surface area contributed by atoms with Crippen LogP contribution in [0.3, 0.4) is 0 Å². The average Bonchev–Trinajstić information content (AvgIpc) is 2.42. The van der Waals surface area contributed by atoms with Gasteiger partial charge in [-0.3, -0.25) is 4.79 Å². The highest BCUT2D eigenvalue weighted by Gasteiger charge is 2.37. The molecule has 1 saturated carbocycles. The van der Waals surface area contributed by atoms with Gasteiger partial charge >= 0.3 is 5.97 Å². The van der Waals surface area contributed by atoms with E-state index >= 15 is 0 Å². The summed E-state index contributed by atoms with van der Waals surface area (Å²) in [5.74, 6) is 2.07. The van der Waals surface area contributed by atoms with Crippen molar-refractivity contribution < 1.29 is 9.53 Å². The SMILES string of the molecule is COC(=O)C[C@@H]1C[C@@H]2CNC[C@H]1C2. The summed E-state index contributed by atoms with van der Waals surface area (Å²) in [6, 6.07) is 0. The monoisotopic (exact) mass is 183 g/mol. The van der Waals surface area contributed by atoms with Crippen molar-refractivity contribution >= 4 is 5.97 Å². The molecule has 1 saturated heterocycles. The van der Waals surface area contributed by atoms with Crippen molar-refractivity contribution in [3.05, 3.63) is 0 Å². The molecule has 0 aromatic carbocycles. The quantitative estimate of drug-likeness (QED) is 0.643. The Morgan fingerprint density at radius 1 is 1.46 bits per heavy atom. The van der Waals surface area contributed by atoms with Crippen molar-refractivity contribution in [2.75, 3.05) is 20.2 Å². The first-order chi connectivity index (χ1) is 6.29. The van der Waals surface area contributed by atoms with E-state index in [1.54, 1.807) is 0 Å². The number of carbonyl (C=O) groups is 1. The summed E-state index contributed by atoms with van der Waals surface area (Å²) in [5.41, 5.74) is 0. The van der Waals surface area contributed by atoms with Gasteiger partial charge in [0.1, 0.15) is 0 Å². The lowest BCUT2D eigenvalue weighted by Crippen LogP contribution is -2.32. The second-order valence-electron chi connectivity index (χ2n) is 4.30. The second kappa shape index (κ2) is 3.66. The van der Waals surface area contributed by atoms with Crippen LogP contribution in [0.2, 0.25) is 0 Å². The van der Waals surface area contributed by atoms with Crippen LogP contribution in [0.15, 0.2) is 0 Å². The third-order valence-electron chi connectivity index (χ3n) is 3.43. The van der Waals surface area contributed by atoms with Gasteiger partial charge in [-0.2, -0.15) is 0 Å². The standard InChI is InChI=1S/C10H17NO2/c1-13-10(12)4-8-2-7-3-9(8)6-11-5-7/h7-9,11H,2-6H2,1H3/t7-,8-,9+/m0/s1. The molecule has 0 amide bonds. The normalized spacial score (nSPS) is 37.5. The number of esters is 1. The van der Waals surface area contributed by atoms with Gasteiger partial charge in [-0.15, -0.1) is 0 Å². The topological polar surface area (TPSA) is 38.3 Å². The highest BCUT2D eigenvalue weighted by molar-refractivity contribution is 5.69. The highest BCUT2D eigenvalue weighted by Crippen LogP contribution is 2.40. The van der Waals surface area contributed by atoms with Gasteiger partial charge in [0.05, 0.1) is 7.11 Å². The second-order valence-corrected chi connectivity index (χ2v) is 4.30. The number of hydrogen-bond acceptors (Lipinski definition) is 3. The van der Waals surface area contributed by atoms with E-state index in [0.717, 1.165) is 24.9 Å². The molecule has 1 aliphatic carbocycles. The lowest BCUT2D eigenvalue weighted by Gasteiger charge is -2.21. The van der Waals surface area contributed by atoms with Gasteiger partial charge < -0.3 is 10.1 Å². The van der Waals surface area contributed by atoms with Crippen LogP contribution in [0.4, 0.5) is 0 Å². The molecule has 2 aliphatic rings. The van der Waals surface area contributed by atoms with E-state index in [0.29, 0.717) is 12.3 Å². The van der Waals surface area contributed by atoms with E-state index < -0.39 is 0 Å². The van der Waals surface area contributed by atoms with Crippen molar-refractivity contribution in [3.63, 3.8) is 0 Å². The molecule has 0 aromatic heterocycles. The molecule has 13 heavy (non-hydrogen) atoms. The largest absolute Gasteiger partial charge is 0.469 e. The minimum Gasteiger partial charge on any atom is -0.469 e. The van der Waals surface area contributed by atoms with E-state index in [4.69, 9.17) is 4.74 Å². The zero-order valence-corrected chi connectivity index (χ0v) is 8.08. The number of hydrogen-bond donors (Lipinski definition) is 1. The summed E-state index contributed by atoms with van der Waals surface area (Å²) in [4.78, 5) is 11.1. The predicted molar refractivity (Wildman–Crippen MR) is 49.2 cm³/mol. The smallest absolute Gasteiger partial charge is 0.305 e. The zero-order valence-electron chi connectivity index (χ0n) is 8.08. The number of rotatable bonds is 2. The van der Waals surface area contributed by atoms with E-state index in [-0.39, 0.29) is 5.97 Å². The maximum Gasteiger partial charge on any atom is 0.305 e. The van der Waals surface area contributed by atoms with Gasteiger partial charge in [0, 0.05) is 6.42 Å². The van der Waals surface area contributed by atoms with Gasteiger partial charge in [0.2, 0.25) is 0 Å². The van der Waals surface area contributed by atoms with Crippen LogP contribution in [-0.4, -0.2) is 26.2 Å². The summed E-state index contributed by atoms with van der Waals surface area (Å²) in [5, 5.41) is 3.42. The number of methoxy groups -OCH3 is 1.